The molecule has 1 aromatic heterocycles. The Kier molecular flexibility index (Phi) is 7.91. The Morgan fingerprint density at radius 3 is 2.71 bits per heavy atom. The van der Waals surface area contributed by atoms with Crippen molar-refractivity contribution in [3.63, 3.8) is 0 Å². The molecule has 2 fully saturated rings. The van der Waals surface area contributed by atoms with Gasteiger partial charge in [-0.3, -0.25) is 4.79 Å². The fourth-order valence-electron chi connectivity index (χ4n) is 3.96. The Hall–Kier alpha value is -0.960. The van der Waals surface area contributed by atoms with Gasteiger partial charge in [0.05, 0.1) is 12.0 Å². The number of hydrogen-bond acceptors (Lipinski definition) is 5. The van der Waals surface area contributed by atoms with Crippen LogP contribution in [0.15, 0.2) is 16.3 Å². The largest absolute Gasteiger partial charge is 0.378 e. The summed E-state index contributed by atoms with van der Waals surface area (Å²) in [5.41, 5.74) is 0. The highest BCUT2D eigenvalue weighted by Gasteiger charge is 2.33. The molecule has 1 saturated heterocycles. The fraction of sp³-hybridized carbons (Fsp3) is 0.750. The van der Waals surface area contributed by atoms with Gasteiger partial charge in [-0.1, -0.05) is 19.3 Å². The summed E-state index contributed by atoms with van der Waals surface area (Å²) in [6.07, 6.45) is 8.78. The summed E-state index contributed by atoms with van der Waals surface area (Å²) in [5.74, 6) is -0.316. The molecule has 0 aromatic carbocycles. The second-order valence-electron chi connectivity index (χ2n) is 7.84. The Labute approximate surface area is 172 Å². The minimum Gasteiger partial charge on any atom is -0.378 e. The number of ether oxygens (including phenoxy) is 1. The van der Waals surface area contributed by atoms with E-state index >= 15 is 0 Å². The van der Waals surface area contributed by atoms with Gasteiger partial charge in [-0.25, -0.2) is 8.42 Å². The van der Waals surface area contributed by atoms with Crippen LogP contribution in [0.5, 0.6) is 0 Å². The summed E-state index contributed by atoms with van der Waals surface area (Å²) in [6, 6.07) is 3.48. The van der Waals surface area contributed by atoms with Gasteiger partial charge in [0.1, 0.15) is 4.21 Å². The molecule has 1 aliphatic heterocycles. The van der Waals surface area contributed by atoms with Crippen molar-refractivity contribution in [2.24, 2.45) is 5.92 Å². The van der Waals surface area contributed by atoms with Gasteiger partial charge >= 0.3 is 0 Å². The first-order valence-corrected chi connectivity index (χ1v) is 12.7. The molecule has 0 spiro atoms. The lowest BCUT2D eigenvalue weighted by atomic mass is 9.98. The van der Waals surface area contributed by atoms with Crippen LogP contribution in [0.3, 0.4) is 0 Å². The lowest BCUT2D eigenvalue weighted by molar-refractivity contribution is -0.126. The first-order chi connectivity index (χ1) is 13.5. The van der Waals surface area contributed by atoms with Crippen LogP contribution in [0.4, 0.5) is 0 Å². The smallest absolute Gasteiger partial charge is 0.252 e. The number of carbonyl (C=O) groups is 1. The molecular formula is C20H32N2O4S2. The van der Waals surface area contributed by atoms with Crippen LogP contribution in [0, 0.1) is 12.8 Å². The van der Waals surface area contributed by atoms with E-state index in [1.165, 1.54) is 34.9 Å². The topological polar surface area (TPSA) is 75.7 Å². The standard InChI is InChI=1S/C20H32N2O4S2/c1-16-10-11-19(27-16)28(24,25)22-13-5-7-17(15-22)20(23)21-12-6-14-26-18-8-3-2-4-9-18/h10-11,17-18H,2-9,12-15H2,1H3,(H,21,23). The quantitative estimate of drug-likeness (QED) is 0.645. The van der Waals surface area contributed by atoms with Gasteiger partial charge in [0.2, 0.25) is 5.91 Å². The SMILES string of the molecule is Cc1ccc(S(=O)(=O)N2CCCC(C(=O)NCCCOC3CCCCC3)C2)s1. The number of hydrogen-bond donors (Lipinski definition) is 1. The number of thiophene rings is 1. The predicted octanol–water partition coefficient (Wildman–Crippen LogP) is 3.31. The molecule has 0 bridgehead atoms. The van der Waals surface area contributed by atoms with Crippen LogP contribution < -0.4 is 5.32 Å². The Bertz CT molecular complexity index is 741. The minimum absolute atomic E-state index is 0.0417. The molecule has 158 valence electrons. The highest BCUT2D eigenvalue weighted by atomic mass is 32.2. The average Bonchev–Trinajstić information content (AvgIpc) is 3.16. The monoisotopic (exact) mass is 428 g/mol. The fourth-order valence-corrected chi connectivity index (χ4v) is 6.92. The van der Waals surface area contributed by atoms with E-state index in [4.69, 9.17) is 4.74 Å². The number of amides is 1. The molecule has 1 aromatic rings. The van der Waals surface area contributed by atoms with Gasteiger partial charge in [-0.2, -0.15) is 4.31 Å². The number of rotatable bonds is 8. The van der Waals surface area contributed by atoms with E-state index in [-0.39, 0.29) is 18.4 Å². The summed E-state index contributed by atoms with van der Waals surface area (Å²) < 4.78 is 33.3. The maximum Gasteiger partial charge on any atom is 0.252 e. The van der Waals surface area contributed by atoms with Gasteiger partial charge < -0.3 is 10.1 Å². The second kappa shape index (κ2) is 10.2. The molecule has 28 heavy (non-hydrogen) atoms. The molecule has 2 aliphatic rings. The molecule has 1 atom stereocenters. The third-order valence-corrected chi connectivity index (χ3v) is 8.92. The normalized spacial score (nSPS) is 22.2. The maximum atomic E-state index is 12.8. The Morgan fingerprint density at radius 2 is 2.00 bits per heavy atom. The van der Waals surface area contributed by atoms with E-state index < -0.39 is 10.0 Å². The van der Waals surface area contributed by atoms with Gasteiger partial charge in [0.15, 0.2) is 0 Å². The number of aryl methyl sites for hydroxylation is 1. The van der Waals surface area contributed by atoms with E-state index in [1.54, 1.807) is 6.07 Å². The number of nitrogens with zero attached hydrogens (tertiary/aromatic N) is 1. The highest BCUT2D eigenvalue weighted by molar-refractivity contribution is 7.91. The molecule has 3 rings (SSSR count). The van der Waals surface area contributed by atoms with Crippen LogP contribution in [0.2, 0.25) is 0 Å². The third-order valence-electron chi connectivity index (χ3n) is 5.59. The van der Waals surface area contributed by atoms with E-state index in [9.17, 15) is 13.2 Å². The zero-order valence-corrected chi connectivity index (χ0v) is 18.3. The summed E-state index contributed by atoms with van der Waals surface area (Å²) in [7, 11) is -3.50. The van der Waals surface area contributed by atoms with Crippen molar-refractivity contribution in [1.29, 1.82) is 0 Å². The van der Waals surface area contributed by atoms with E-state index in [1.807, 2.05) is 13.0 Å². The van der Waals surface area contributed by atoms with Gasteiger partial charge in [0.25, 0.3) is 10.0 Å². The zero-order chi connectivity index (χ0) is 20.0. The molecular weight excluding hydrogens is 396 g/mol. The predicted molar refractivity (Wildman–Crippen MR) is 111 cm³/mol. The summed E-state index contributed by atoms with van der Waals surface area (Å²) in [4.78, 5) is 13.5. The number of sulfonamides is 1. The third kappa shape index (κ3) is 5.78. The van der Waals surface area contributed by atoms with Crippen molar-refractivity contribution >= 4 is 27.3 Å². The molecule has 1 amide bonds. The molecule has 2 heterocycles. The van der Waals surface area contributed by atoms with E-state index in [0.29, 0.717) is 36.4 Å². The van der Waals surface area contributed by atoms with Crippen molar-refractivity contribution in [2.75, 3.05) is 26.2 Å². The lowest BCUT2D eigenvalue weighted by Gasteiger charge is -2.30. The molecule has 8 heteroatoms. The highest BCUT2D eigenvalue weighted by Crippen LogP contribution is 2.28. The first kappa shape index (κ1) is 21.7. The van der Waals surface area contributed by atoms with Crippen LogP contribution >= 0.6 is 11.3 Å². The van der Waals surface area contributed by atoms with Crippen LogP contribution in [0.1, 0.15) is 56.2 Å². The van der Waals surface area contributed by atoms with Crippen molar-refractivity contribution < 1.29 is 17.9 Å². The second-order valence-corrected chi connectivity index (χ2v) is 11.3. The van der Waals surface area contributed by atoms with Crippen molar-refractivity contribution in [3.05, 3.63) is 17.0 Å². The molecule has 6 nitrogen and oxygen atoms in total. The van der Waals surface area contributed by atoms with Crippen molar-refractivity contribution in [3.8, 4) is 0 Å². The number of nitrogens with one attached hydrogen (secondary N) is 1. The molecule has 1 aliphatic carbocycles. The average molecular weight is 429 g/mol. The molecule has 0 radical (unpaired) electrons. The zero-order valence-electron chi connectivity index (χ0n) is 16.7. The van der Waals surface area contributed by atoms with Gasteiger partial charge in [0, 0.05) is 31.1 Å². The minimum atomic E-state index is -3.50. The van der Waals surface area contributed by atoms with Crippen molar-refractivity contribution in [2.45, 2.75) is 68.6 Å². The van der Waals surface area contributed by atoms with Crippen LogP contribution in [0.25, 0.3) is 0 Å². The van der Waals surface area contributed by atoms with Crippen LogP contribution in [-0.4, -0.2) is 51.0 Å². The Morgan fingerprint density at radius 1 is 1.21 bits per heavy atom. The van der Waals surface area contributed by atoms with E-state index in [0.717, 1.165) is 30.6 Å². The number of piperidine rings is 1. The number of carbonyl (C=O) groups excluding carboxylic acids is 1. The van der Waals surface area contributed by atoms with E-state index in [2.05, 4.69) is 5.32 Å². The van der Waals surface area contributed by atoms with Gasteiger partial charge in [-0.15, -0.1) is 11.3 Å². The summed E-state index contributed by atoms with van der Waals surface area (Å²) >= 11 is 1.28. The van der Waals surface area contributed by atoms with Crippen LogP contribution in [-0.2, 0) is 19.6 Å². The van der Waals surface area contributed by atoms with Gasteiger partial charge in [-0.05, 0) is 51.2 Å². The van der Waals surface area contributed by atoms with Crippen molar-refractivity contribution in [1.82, 2.24) is 9.62 Å². The first-order valence-electron chi connectivity index (χ1n) is 10.4. The molecule has 1 saturated carbocycles. The summed E-state index contributed by atoms with van der Waals surface area (Å²) in [5, 5.41) is 2.97. The Balaban J connectivity index is 1.41. The molecule has 1 N–H and O–H groups in total. The maximum absolute atomic E-state index is 12.8. The molecule has 1 unspecified atom stereocenters. The lowest BCUT2D eigenvalue weighted by Crippen LogP contribution is -2.45. The summed E-state index contributed by atoms with van der Waals surface area (Å²) in [6.45, 7) is 3.91.